The molecule has 156 valence electrons. The fraction of sp³-hybridized carbons (Fsp3) is 0.286. The van der Waals surface area contributed by atoms with Gasteiger partial charge in [-0.2, -0.15) is 0 Å². The molecule has 1 aliphatic heterocycles. The lowest BCUT2D eigenvalue weighted by Crippen LogP contribution is -2.50. The fourth-order valence-corrected chi connectivity index (χ4v) is 3.54. The van der Waals surface area contributed by atoms with Crippen LogP contribution in [0, 0.1) is 0 Å². The number of benzene rings is 2. The third kappa shape index (κ3) is 4.55. The predicted octanol–water partition coefficient (Wildman–Crippen LogP) is 1.79. The Morgan fingerprint density at radius 3 is 2.77 bits per heavy atom. The van der Waals surface area contributed by atoms with Gasteiger partial charge in [-0.1, -0.05) is 41.9 Å². The van der Waals surface area contributed by atoms with Gasteiger partial charge in [-0.25, -0.2) is 4.79 Å². The highest BCUT2D eigenvalue weighted by molar-refractivity contribution is 6.31. The molecule has 1 aliphatic rings. The van der Waals surface area contributed by atoms with E-state index in [1.165, 1.54) is 10.6 Å². The number of halogens is 1. The van der Waals surface area contributed by atoms with Crippen molar-refractivity contribution >= 4 is 34.5 Å². The summed E-state index contributed by atoms with van der Waals surface area (Å²) in [6, 6.07) is 14.5. The van der Waals surface area contributed by atoms with Crippen LogP contribution in [0.5, 0.6) is 0 Å². The van der Waals surface area contributed by atoms with Crippen molar-refractivity contribution in [3.05, 3.63) is 69.7 Å². The SMILES string of the molecule is O=C(Cn1c(=O)oc2cc(Cl)ccc21)NCC1CN(Cc2ccccc2)C(=O)CO1. The van der Waals surface area contributed by atoms with Crippen molar-refractivity contribution in [3.63, 3.8) is 0 Å². The Morgan fingerprint density at radius 2 is 1.97 bits per heavy atom. The molecule has 2 amide bonds. The minimum absolute atomic E-state index is 0.0278. The zero-order valence-corrected chi connectivity index (χ0v) is 16.8. The molecule has 4 rings (SSSR count). The molecule has 0 saturated carbocycles. The van der Waals surface area contributed by atoms with E-state index in [0.29, 0.717) is 29.2 Å². The van der Waals surface area contributed by atoms with Crippen molar-refractivity contribution in [2.45, 2.75) is 19.2 Å². The largest absolute Gasteiger partial charge is 0.420 e. The summed E-state index contributed by atoms with van der Waals surface area (Å²) in [4.78, 5) is 38.3. The number of hydrogen-bond donors (Lipinski definition) is 1. The van der Waals surface area contributed by atoms with Crippen molar-refractivity contribution in [2.75, 3.05) is 19.7 Å². The standard InChI is InChI=1S/C21H20ClN3O5/c22-15-6-7-17-18(8-15)30-21(28)25(17)12-19(26)23-9-16-11-24(20(27)13-29-16)10-14-4-2-1-3-5-14/h1-8,16H,9-13H2,(H,23,26). The number of fused-ring (bicyclic) bond motifs is 1. The van der Waals surface area contributed by atoms with Gasteiger partial charge in [-0.3, -0.25) is 14.2 Å². The molecule has 1 aromatic heterocycles. The summed E-state index contributed by atoms with van der Waals surface area (Å²) in [5, 5.41) is 3.21. The highest BCUT2D eigenvalue weighted by Crippen LogP contribution is 2.18. The summed E-state index contributed by atoms with van der Waals surface area (Å²) in [5.74, 6) is -1.07. The van der Waals surface area contributed by atoms with Gasteiger partial charge in [0, 0.05) is 30.7 Å². The van der Waals surface area contributed by atoms with Gasteiger partial charge in [-0.15, -0.1) is 0 Å². The molecule has 1 saturated heterocycles. The van der Waals surface area contributed by atoms with Gasteiger partial charge in [0.1, 0.15) is 13.2 Å². The smallest absolute Gasteiger partial charge is 0.408 e. The van der Waals surface area contributed by atoms with Crippen LogP contribution in [0.3, 0.4) is 0 Å². The van der Waals surface area contributed by atoms with Gasteiger partial charge in [0.05, 0.1) is 11.6 Å². The van der Waals surface area contributed by atoms with E-state index >= 15 is 0 Å². The maximum atomic E-state index is 12.4. The first-order chi connectivity index (χ1) is 14.5. The van der Waals surface area contributed by atoms with Gasteiger partial charge in [0.25, 0.3) is 0 Å². The van der Waals surface area contributed by atoms with Crippen LogP contribution < -0.4 is 11.1 Å². The number of ether oxygens (including phenoxy) is 1. The first-order valence-electron chi connectivity index (χ1n) is 9.48. The first-order valence-corrected chi connectivity index (χ1v) is 9.86. The third-order valence-electron chi connectivity index (χ3n) is 4.89. The number of carbonyl (C=O) groups is 2. The molecular formula is C21H20ClN3O5. The zero-order chi connectivity index (χ0) is 21.1. The topological polar surface area (TPSA) is 93.8 Å². The molecule has 1 unspecified atom stereocenters. The maximum absolute atomic E-state index is 12.4. The fourth-order valence-electron chi connectivity index (χ4n) is 3.38. The quantitative estimate of drug-likeness (QED) is 0.644. The van der Waals surface area contributed by atoms with Gasteiger partial charge >= 0.3 is 5.76 Å². The van der Waals surface area contributed by atoms with Crippen LogP contribution in [0.25, 0.3) is 11.1 Å². The monoisotopic (exact) mass is 429 g/mol. The number of aromatic nitrogens is 1. The molecule has 1 fully saturated rings. The number of oxazole rings is 1. The van der Waals surface area contributed by atoms with Crippen LogP contribution in [-0.4, -0.2) is 47.1 Å². The lowest BCUT2D eigenvalue weighted by molar-refractivity contribution is -0.149. The van der Waals surface area contributed by atoms with Crippen molar-refractivity contribution in [3.8, 4) is 0 Å². The molecule has 0 bridgehead atoms. The van der Waals surface area contributed by atoms with Crippen molar-refractivity contribution < 1.29 is 18.7 Å². The van der Waals surface area contributed by atoms with E-state index in [1.807, 2.05) is 30.3 Å². The van der Waals surface area contributed by atoms with Crippen LogP contribution in [0.4, 0.5) is 0 Å². The predicted molar refractivity (Wildman–Crippen MR) is 110 cm³/mol. The normalized spacial score (nSPS) is 16.8. The Morgan fingerprint density at radius 1 is 1.17 bits per heavy atom. The zero-order valence-electron chi connectivity index (χ0n) is 16.0. The average molecular weight is 430 g/mol. The molecule has 9 heteroatoms. The molecule has 2 heterocycles. The van der Waals surface area contributed by atoms with Crippen LogP contribution >= 0.6 is 11.6 Å². The highest BCUT2D eigenvalue weighted by Gasteiger charge is 2.26. The Kier molecular flexibility index (Phi) is 5.87. The van der Waals surface area contributed by atoms with Crippen LogP contribution in [0.15, 0.2) is 57.7 Å². The van der Waals surface area contributed by atoms with Gasteiger partial charge in [0.2, 0.25) is 11.8 Å². The second-order valence-electron chi connectivity index (χ2n) is 7.06. The summed E-state index contributed by atoms with van der Waals surface area (Å²) in [6.07, 6.45) is -0.327. The summed E-state index contributed by atoms with van der Waals surface area (Å²) in [6.45, 7) is 0.883. The van der Waals surface area contributed by atoms with Crippen LogP contribution in [0.2, 0.25) is 5.02 Å². The third-order valence-corrected chi connectivity index (χ3v) is 5.13. The Bertz CT molecular complexity index is 1120. The van der Waals surface area contributed by atoms with Crippen molar-refractivity contribution in [1.82, 2.24) is 14.8 Å². The molecule has 0 aliphatic carbocycles. The van der Waals surface area contributed by atoms with E-state index in [9.17, 15) is 14.4 Å². The number of nitrogens with one attached hydrogen (secondary N) is 1. The summed E-state index contributed by atoms with van der Waals surface area (Å²) >= 11 is 5.90. The van der Waals surface area contributed by atoms with E-state index < -0.39 is 5.76 Å². The minimum atomic E-state index is -0.629. The van der Waals surface area contributed by atoms with E-state index in [0.717, 1.165) is 5.56 Å². The molecule has 0 spiro atoms. The summed E-state index contributed by atoms with van der Waals surface area (Å²) in [7, 11) is 0. The Labute approximate surface area is 177 Å². The molecule has 30 heavy (non-hydrogen) atoms. The molecule has 1 N–H and O–H groups in total. The number of hydrogen-bond acceptors (Lipinski definition) is 5. The van der Waals surface area contributed by atoms with Gasteiger partial charge in [-0.05, 0) is 17.7 Å². The second kappa shape index (κ2) is 8.73. The molecule has 1 atom stereocenters. The Balaban J connectivity index is 1.34. The summed E-state index contributed by atoms with van der Waals surface area (Å²) in [5.41, 5.74) is 1.85. The van der Waals surface area contributed by atoms with Crippen molar-refractivity contribution in [1.29, 1.82) is 0 Å². The molecule has 3 aromatic rings. The lowest BCUT2D eigenvalue weighted by Gasteiger charge is -2.33. The molecule has 0 radical (unpaired) electrons. The van der Waals surface area contributed by atoms with Crippen molar-refractivity contribution in [2.24, 2.45) is 0 Å². The van der Waals surface area contributed by atoms with Crippen LogP contribution in [-0.2, 0) is 27.4 Å². The number of amides is 2. The molecule has 2 aromatic carbocycles. The van der Waals surface area contributed by atoms with Crippen LogP contribution in [0.1, 0.15) is 5.56 Å². The number of morpholine rings is 1. The van der Waals surface area contributed by atoms with Gasteiger partial charge in [0.15, 0.2) is 5.58 Å². The lowest BCUT2D eigenvalue weighted by atomic mass is 10.2. The van der Waals surface area contributed by atoms with E-state index in [1.54, 1.807) is 17.0 Å². The first kappa shape index (κ1) is 20.2. The van der Waals surface area contributed by atoms with E-state index in [2.05, 4.69) is 5.32 Å². The molecule has 8 nitrogen and oxygen atoms in total. The highest BCUT2D eigenvalue weighted by atomic mass is 35.5. The van der Waals surface area contributed by atoms with E-state index in [-0.39, 0.29) is 37.6 Å². The van der Waals surface area contributed by atoms with Gasteiger partial charge < -0.3 is 19.4 Å². The average Bonchev–Trinajstić information content (AvgIpc) is 3.03. The number of nitrogens with zero attached hydrogens (tertiary/aromatic N) is 2. The minimum Gasteiger partial charge on any atom is -0.408 e. The van der Waals surface area contributed by atoms with E-state index in [4.69, 9.17) is 20.8 Å². The number of carbonyl (C=O) groups excluding carboxylic acids is 2. The second-order valence-corrected chi connectivity index (χ2v) is 7.50. The molecular weight excluding hydrogens is 410 g/mol. The summed E-state index contributed by atoms with van der Waals surface area (Å²) < 4.78 is 11.9. The number of rotatable bonds is 6. The Hall–Kier alpha value is -3.10. The maximum Gasteiger partial charge on any atom is 0.420 e.